The predicted molar refractivity (Wildman–Crippen MR) is 104 cm³/mol. The Morgan fingerprint density at radius 3 is 2.80 bits per heavy atom. The number of piperidine rings is 1. The Labute approximate surface area is 151 Å². The molecule has 0 spiro atoms. The zero-order chi connectivity index (χ0) is 17.5. The Balaban J connectivity index is 1.60. The maximum Gasteiger partial charge on any atom is 0.219 e. The fourth-order valence-corrected chi connectivity index (χ4v) is 3.55. The highest BCUT2D eigenvalue weighted by Gasteiger charge is 2.18. The second-order valence-electron chi connectivity index (χ2n) is 6.84. The van der Waals surface area contributed by atoms with Crippen molar-refractivity contribution in [1.29, 1.82) is 0 Å². The summed E-state index contributed by atoms with van der Waals surface area (Å²) in [5.41, 5.74) is 3.77. The minimum absolute atomic E-state index is 0.146. The van der Waals surface area contributed by atoms with Gasteiger partial charge in [-0.2, -0.15) is 0 Å². The number of hydrogen-bond acceptors (Lipinski definition) is 4. The van der Waals surface area contributed by atoms with Gasteiger partial charge in [0.1, 0.15) is 0 Å². The molecule has 0 saturated carbocycles. The lowest BCUT2D eigenvalue weighted by molar-refractivity contribution is -0.121. The molecular formula is C20H30N4O. The number of benzene rings is 1. The monoisotopic (exact) mass is 342 g/mol. The molecule has 0 aromatic heterocycles. The number of anilines is 2. The lowest BCUT2D eigenvalue weighted by Crippen LogP contribution is -2.30. The summed E-state index contributed by atoms with van der Waals surface area (Å²) >= 11 is 0. The van der Waals surface area contributed by atoms with Gasteiger partial charge in [0.25, 0.3) is 0 Å². The largest absolute Gasteiger partial charge is 0.372 e. The average Bonchev–Trinajstić information content (AvgIpc) is 3.11. The molecule has 0 aliphatic carbocycles. The molecule has 2 aliphatic rings. The van der Waals surface area contributed by atoms with Crippen molar-refractivity contribution < 1.29 is 4.79 Å². The van der Waals surface area contributed by atoms with E-state index < -0.39 is 0 Å². The van der Waals surface area contributed by atoms with Crippen molar-refractivity contribution >= 4 is 17.3 Å². The van der Waals surface area contributed by atoms with Crippen LogP contribution < -0.4 is 20.4 Å². The summed E-state index contributed by atoms with van der Waals surface area (Å²) in [5, 5.41) is 6.32. The normalized spacial score (nSPS) is 17.2. The molecule has 2 aliphatic heterocycles. The second-order valence-corrected chi connectivity index (χ2v) is 6.84. The molecule has 1 fully saturated rings. The van der Waals surface area contributed by atoms with Crippen LogP contribution in [0.4, 0.5) is 11.4 Å². The first kappa shape index (κ1) is 17.6. The van der Waals surface area contributed by atoms with Crippen molar-refractivity contribution in [2.75, 3.05) is 36.1 Å². The molecule has 0 radical (unpaired) electrons. The Kier molecular flexibility index (Phi) is 6.20. The van der Waals surface area contributed by atoms with Gasteiger partial charge in [0.05, 0.1) is 6.67 Å². The fourth-order valence-electron chi connectivity index (χ4n) is 3.55. The fraction of sp³-hybridized carbons (Fsp3) is 0.550. The predicted octanol–water partition coefficient (Wildman–Crippen LogP) is 3.19. The first-order valence-corrected chi connectivity index (χ1v) is 9.59. The van der Waals surface area contributed by atoms with E-state index in [9.17, 15) is 4.79 Å². The molecule has 2 N–H and O–H groups in total. The minimum atomic E-state index is 0.146. The lowest BCUT2D eigenvalue weighted by atomic mass is 10.1. The van der Waals surface area contributed by atoms with Crippen molar-refractivity contribution in [3.05, 3.63) is 36.2 Å². The maximum atomic E-state index is 11.6. The van der Waals surface area contributed by atoms with Crippen LogP contribution >= 0.6 is 0 Å². The molecule has 0 atom stereocenters. The highest BCUT2D eigenvalue weighted by atomic mass is 16.1. The molecule has 25 heavy (non-hydrogen) atoms. The Bertz CT molecular complexity index is 607. The summed E-state index contributed by atoms with van der Waals surface area (Å²) in [4.78, 5) is 16.4. The van der Waals surface area contributed by atoms with Crippen LogP contribution in [0.5, 0.6) is 0 Å². The van der Waals surface area contributed by atoms with E-state index >= 15 is 0 Å². The summed E-state index contributed by atoms with van der Waals surface area (Å²) < 4.78 is 0. The molecule has 1 aromatic rings. The highest BCUT2D eigenvalue weighted by Crippen LogP contribution is 2.28. The van der Waals surface area contributed by atoms with Crippen LogP contribution in [-0.4, -0.2) is 32.2 Å². The van der Waals surface area contributed by atoms with Gasteiger partial charge in [0.15, 0.2) is 0 Å². The number of nitrogens with one attached hydrogen (secondary N) is 2. The van der Waals surface area contributed by atoms with E-state index in [1.54, 1.807) is 0 Å². The molecule has 0 unspecified atom stereocenters. The van der Waals surface area contributed by atoms with Crippen LogP contribution in [0, 0.1) is 0 Å². The van der Waals surface area contributed by atoms with E-state index in [1.807, 2.05) is 6.92 Å². The van der Waals surface area contributed by atoms with Crippen molar-refractivity contribution in [1.82, 2.24) is 10.6 Å². The van der Waals surface area contributed by atoms with Crippen molar-refractivity contribution in [2.24, 2.45) is 0 Å². The third kappa shape index (κ3) is 4.68. The van der Waals surface area contributed by atoms with Gasteiger partial charge in [-0.15, -0.1) is 0 Å². The number of rotatable bonds is 7. The molecule has 5 nitrogen and oxygen atoms in total. The van der Waals surface area contributed by atoms with E-state index in [0.29, 0.717) is 13.0 Å². The number of carbonyl (C=O) groups excluding carboxylic acids is 1. The molecule has 5 heteroatoms. The van der Waals surface area contributed by atoms with Gasteiger partial charge in [0.2, 0.25) is 5.91 Å². The summed E-state index contributed by atoms with van der Waals surface area (Å²) in [6.45, 7) is 5.83. The van der Waals surface area contributed by atoms with E-state index in [0.717, 1.165) is 32.6 Å². The molecule has 1 saturated heterocycles. The summed E-state index contributed by atoms with van der Waals surface area (Å²) in [6, 6.07) is 8.83. The Morgan fingerprint density at radius 2 is 2.00 bits per heavy atom. The topological polar surface area (TPSA) is 47.6 Å². The van der Waals surface area contributed by atoms with Gasteiger partial charge in [-0.05, 0) is 43.9 Å². The van der Waals surface area contributed by atoms with Gasteiger partial charge < -0.3 is 20.4 Å². The zero-order valence-corrected chi connectivity index (χ0v) is 15.3. The molecule has 1 aromatic carbocycles. The number of carbonyl (C=O) groups is 1. The van der Waals surface area contributed by atoms with Crippen molar-refractivity contribution in [3.63, 3.8) is 0 Å². The highest BCUT2D eigenvalue weighted by molar-refractivity contribution is 5.75. The molecule has 2 heterocycles. The summed E-state index contributed by atoms with van der Waals surface area (Å²) in [7, 11) is 0. The van der Waals surface area contributed by atoms with Gasteiger partial charge in [0, 0.05) is 55.7 Å². The van der Waals surface area contributed by atoms with Crippen LogP contribution in [0.25, 0.3) is 0 Å². The first-order chi connectivity index (χ1) is 12.3. The van der Waals surface area contributed by atoms with E-state index in [-0.39, 0.29) is 5.91 Å². The van der Waals surface area contributed by atoms with Gasteiger partial charge in [-0.25, -0.2) is 0 Å². The van der Waals surface area contributed by atoms with E-state index in [2.05, 4.69) is 50.9 Å². The zero-order valence-electron chi connectivity index (χ0n) is 15.3. The average molecular weight is 342 g/mol. The lowest BCUT2D eigenvalue weighted by Gasteiger charge is -2.30. The van der Waals surface area contributed by atoms with Gasteiger partial charge in [-0.3, -0.25) is 4.79 Å². The molecule has 0 bridgehead atoms. The van der Waals surface area contributed by atoms with Crippen LogP contribution in [0.15, 0.2) is 36.2 Å². The molecule has 1 amide bonds. The van der Waals surface area contributed by atoms with Crippen molar-refractivity contribution in [3.8, 4) is 0 Å². The van der Waals surface area contributed by atoms with Crippen LogP contribution in [0.2, 0.25) is 0 Å². The summed E-state index contributed by atoms with van der Waals surface area (Å²) in [5.74, 6) is 0.146. The molecule has 136 valence electrons. The number of amides is 1. The maximum absolute atomic E-state index is 11.6. The third-order valence-electron chi connectivity index (χ3n) is 4.91. The SMILES string of the molecule is CCCC(=O)NCCC1=CNCN1c1cccc(N2CCCCC2)c1. The summed E-state index contributed by atoms with van der Waals surface area (Å²) in [6.07, 6.45) is 8.35. The second kappa shape index (κ2) is 8.79. The third-order valence-corrected chi connectivity index (χ3v) is 4.91. The Morgan fingerprint density at radius 1 is 1.20 bits per heavy atom. The minimum Gasteiger partial charge on any atom is -0.372 e. The van der Waals surface area contributed by atoms with E-state index in [1.165, 1.54) is 36.3 Å². The van der Waals surface area contributed by atoms with Crippen LogP contribution in [0.1, 0.15) is 45.4 Å². The van der Waals surface area contributed by atoms with Crippen LogP contribution in [0.3, 0.4) is 0 Å². The number of hydrogen-bond donors (Lipinski definition) is 2. The Hall–Kier alpha value is -2.17. The van der Waals surface area contributed by atoms with Crippen LogP contribution in [-0.2, 0) is 4.79 Å². The van der Waals surface area contributed by atoms with E-state index in [4.69, 9.17) is 0 Å². The van der Waals surface area contributed by atoms with Gasteiger partial charge >= 0.3 is 0 Å². The molecule has 3 rings (SSSR count). The number of nitrogens with zero attached hydrogens (tertiary/aromatic N) is 2. The van der Waals surface area contributed by atoms with Crippen molar-refractivity contribution in [2.45, 2.75) is 45.4 Å². The van der Waals surface area contributed by atoms with Gasteiger partial charge in [-0.1, -0.05) is 13.0 Å². The standard InChI is InChI=1S/C20H30N4O/c1-2-7-20(25)22-11-10-19-15-21-16-24(19)18-9-6-8-17(14-18)23-12-4-3-5-13-23/h6,8-9,14-15,21H,2-5,7,10-13,16H2,1H3,(H,22,25). The quantitative estimate of drug-likeness (QED) is 0.799. The smallest absolute Gasteiger partial charge is 0.219 e. The molecular weight excluding hydrogens is 312 g/mol. The first-order valence-electron chi connectivity index (χ1n) is 9.59.